The van der Waals surface area contributed by atoms with E-state index in [1.165, 1.54) is 4.68 Å². The molecule has 36 heavy (non-hydrogen) atoms. The van der Waals surface area contributed by atoms with Gasteiger partial charge >= 0.3 is 6.61 Å². The van der Waals surface area contributed by atoms with Crippen molar-refractivity contribution in [2.24, 2.45) is 16.7 Å². The molecule has 9 heteroatoms. The SMILES string of the molecule is CCn1nc(C(=O)NCC2(C#N)CCC(C)CC2)c(Cl)c1-c1ccc(CC(C)(C)C)cc1OC(F)F. The fourth-order valence-electron chi connectivity index (χ4n) is 4.73. The number of aromatic nitrogens is 2. The minimum Gasteiger partial charge on any atom is -0.434 e. The van der Waals surface area contributed by atoms with Crippen molar-refractivity contribution in [1.29, 1.82) is 5.26 Å². The molecule has 0 saturated heterocycles. The summed E-state index contributed by atoms with van der Waals surface area (Å²) < 4.78 is 33.0. The van der Waals surface area contributed by atoms with Gasteiger partial charge in [-0.2, -0.15) is 19.1 Å². The highest BCUT2D eigenvalue weighted by Crippen LogP contribution is 2.40. The van der Waals surface area contributed by atoms with Crippen LogP contribution in [0.25, 0.3) is 11.3 Å². The van der Waals surface area contributed by atoms with Crippen molar-refractivity contribution in [3.8, 4) is 23.1 Å². The standard InChI is InChI=1S/C27H35ClF2N4O2/c1-6-34-23(19-8-7-18(14-26(3,4)5)13-20(19)36-25(29)30)21(28)22(33-34)24(35)32-16-27(15-31)11-9-17(2)10-12-27/h7-8,13,17,25H,6,9-12,14,16H2,1-5H3,(H,32,35). The molecule has 0 atom stereocenters. The molecule has 1 aromatic carbocycles. The number of aryl methyl sites for hydroxylation is 1. The van der Waals surface area contributed by atoms with Crippen LogP contribution in [-0.4, -0.2) is 28.8 Å². The summed E-state index contributed by atoms with van der Waals surface area (Å²) in [5.74, 6) is 0.0521. The van der Waals surface area contributed by atoms with E-state index in [0.29, 0.717) is 30.1 Å². The van der Waals surface area contributed by atoms with Crippen LogP contribution in [0.4, 0.5) is 8.78 Å². The molecule has 1 aliphatic carbocycles. The van der Waals surface area contributed by atoms with E-state index >= 15 is 0 Å². The zero-order valence-corrected chi connectivity index (χ0v) is 22.4. The van der Waals surface area contributed by atoms with Gasteiger partial charge in [-0.15, -0.1) is 0 Å². The lowest BCUT2D eigenvalue weighted by atomic mass is 9.72. The van der Waals surface area contributed by atoms with Crippen LogP contribution in [0.3, 0.4) is 0 Å². The Bertz CT molecular complexity index is 1130. The number of amides is 1. The first-order valence-electron chi connectivity index (χ1n) is 12.4. The van der Waals surface area contributed by atoms with Crippen molar-refractivity contribution in [3.05, 3.63) is 34.5 Å². The van der Waals surface area contributed by atoms with Gasteiger partial charge in [0, 0.05) is 18.7 Å². The molecule has 1 saturated carbocycles. The maximum absolute atomic E-state index is 13.3. The van der Waals surface area contributed by atoms with Gasteiger partial charge in [-0.3, -0.25) is 9.48 Å². The number of nitrogens with one attached hydrogen (secondary N) is 1. The molecule has 1 aromatic heterocycles. The highest BCUT2D eigenvalue weighted by molar-refractivity contribution is 6.36. The van der Waals surface area contributed by atoms with Gasteiger partial charge < -0.3 is 10.1 Å². The van der Waals surface area contributed by atoms with Gasteiger partial charge in [0.15, 0.2) is 5.69 Å². The van der Waals surface area contributed by atoms with E-state index in [2.05, 4.69) is 44.2 Å². The Morgan fingerprint density at radius 3 is 2.58 bits per heavy atom. The second-order valence-corrected chi connectivity index (χ2v) is 11.4. The van der Waals surface area contributed by atoms with E-state index in [0.717, 1.165) is 31.2 Å². The van der Waals surface area contributed by atoms with Gasteiger partial charge in [-0.05, 0) is 68.1 Å². The van der Waals surface area contributed by atoms with Crippen LogP contribution >= 0.6 is 11.6 Å². The summed E-state index contributed by atoms with van der Waals surface area (Å²) in [7, 11) is 0. The maximum atomic E-state index is 13.3. The minimum absolute atomic E-state index is 0.00690. The summed E-state index contributed by atoms with van der Waals surface area (Å²) in [5, 5.41) is 17.0. The molecule has 1 aliphatic rings. The minimum atomic E-state index is -3.02. The third-order valence-corrected chi connectivity index (χ3v) is 7.07. The predicted octanol–water partition coefficient (Wildman–Crippen LogP) is 6.86. The molecule has 6 nitrogen and oxygen atoms in total. The van der Waals surface area contributed by atoms with Crippen molar-refractivity contribution >= 4 is 17.5 Å². The Morgan fingerprint density at radius 2 is 2.03 bits per heavy atom. The summed E-state index contributed by atoms with van der Waals surface area (Å²) in [6.07, 6.45) is 4.00. The van der Waals surface area contributed by atoms with Crippen LogP contribution in [0.15, 0.2) is 18.2 Å². The van der Waals surface area contributed by atoms with Gasteiger partial charge in [0.1, 0.15) is 5.75 Å². The number of nitriles is 1. The Kier molecular flexibility index (Phi) is 8.66. The Labute approximate surface area is 217 Å². The fourth-order valence-corrected chi connectivity index (χ4v) is 5.05. The lowest BCUT2D eigenvalue weighted by molar-refractivity contribution is -0.0495. The third kappa shape index (κ3) is 6.56. The molecular weight excluding hydrogens is 486 g/mol. The quantitative estimate of drug-likeness (QED) is 0.412. The van der Waals surface area contributed by atoms with E-state index in [4.69, 9.17) is 16.3 Å². The predicted molar refractivity (Wildman–Crippen MR) is 136 cm³/mol. The van der Waals surface area contributed by atoms with Crippen molar-refractivity contribution < 1.29 is 18.3 Å². The number of rotatable bonds is 8. The Morgan fingerprint density at radius 1 is 1.36 bits per heavy atom. The highest BCUT2D eigenvalue weighted by Gasteiger charge is 2.35. The molecule has 0 aliphatic heterocycles. The number of halogens is 3. The molecule has 1 N–H and O–H groups in total. The van der Waals surface area contributed by atoms with Gasteiger partial charge in [0.2, 0.25) is 0 Å². The van der Waals surface area contributed by atoms with Crippen molar-refractivity contribution in [2.75, 3.05) is 6.54 Å². The number of hydrogen-bond acceptors (Lipinski definition) is 4. The van der Waals surface area contributed by atoms with Gasteiger partial charge in [0.05, 0.1) is 22.2 Å². The van der Waals surface area contributed by atoms with E-state index in [-0.39, 0.29) is 28.4 Å². The van der Waals surface area contributed by atoms with Gasteiger partial charge in [-0.1, -0.05) is 45.4 Å². The molecular formula is C27H35ClF2N4O2. The van der Waals surface area contributed by atoms with Crippen molar-refractivity contribution in [3.63, 3.8) is 0 Å². The van der Waals surface area contributed by atoms with E-state index < -0.39 is 17.9 Å². The summed E-state index contributed by atoms with van der Waals surface area (Å²) >= 11 is 6.65. The summed E-state index contributed by atoms with van der Waals surface area (Å²) in [6.45, 7) is 7.73. The zero-order chi connectivity index (χ0) is 26.7. The van der Waals surface area contributed by atoms with E-state index in [1.807, 2.05) is 13.0 Å². The molecule has 0 spiro atoms. The van der Waals surface area contributed by atoms with Gasteiger partial charge in [-0.25, -0.2) is 0 Å². The monoisotopic (exact) mass is 520 g/mol. The molecule has 0 unspecified atom stereocenters. The number of carbonyl (C=O) groups excluding carboxylic acids is 1. The average Bonchev–Trinajstić information content (AvgIpc) is 3.14. The van der Waals surface area contributed by atoms with Crippen LogP contribution < -0.4 is 10.1 Å². The first kappa shape index (κ1) is 27.9. The molecule has 3 rings (SSSR count). The Balaban J connectivity index is 1.93. The topological polar surface area (TPSA) is 79.9 Å². The van der Waals surface area contributed by atoms with Crippen LogP contribution in [0.2, 0.25) is 5.02 Å². The van der Waals surface area contributed by atoms with E-state index in [9.17, 15) is 18.8 Å². The van der Waals surface area contributed by atoms with Crippen molar-refractivity contribution in [1.82, 2.24) is 15.1 Å². The first-order chi connectivity index (χ1) is 16.9. The smallest absolute Gasteiger partial charge is 0.387 e. The van der Waals surface area contributed by atoms with Gasteiger partial charge in [0.25, 0.3) is 5.91 Å². The zero-order valence-electron chi connectivity index (χ0n) is 21.6. The second kappa shape index (κ2) is 11.2. The van der Waals surface area contributed by atoms with Crippen LogP contribution in [0.5, 0.6) is 5.75 Å². The lowest BCUT2D eigenvalue weighted by Crippen LogP contribution is -2.39. The number of ether oxygens (including phenoxy) is 1. The van der Waals surface area contributed by atoms with Crippen LogP contribution in [0, 0.1) is 28.1 Å². The molecule has 196 valence electrons. The molecule has 1 amide bonds. The fraction of sp³-hybridized carbons (Fsp3) is 0.593. The number of carbonyl (C=O) groups is 1. The third-order valence-electron chi connectivity index (χ3n) is 6.72. The highest BCUT2D eigenvalue weighted by atomic mass is 35.5. The summed E-state index contributed by atoms with van der Waals surface area (Å²) in [4.78, 5) is 13.1. The molecule has 1 heterocycles. The average molecular weight is 521 g/mol. The number of nitrogens with zero attached hydrogens (tertiary/aromatic N) is 3. The second-order valence-electron chi connectivity index (χ2n) is 11.0. The van der Waals surface area contributed by atoms with Crippen molar-refractivity contribution in [2.45, 2.75) is 79.9 Å². The molecule has 0 bridgehead atoms. The first-order valence-corrected chi connectivity index (χ1v) is 12.8. The lowest BCUT2D eigenvalue weighted by Gasteiger charge is -2.33. The molecule has 0 radical (unpaired) electrons. The summed E-state index contributed by atoms with van der Waals surface area (Å²) in [5.41, 5.74) is 0.862. The Hall–Kier alpha value is -2.66. The number of alkyl halides is 2. The largest absolute Gasteiger partial charge is 0.434 e. The maximum Gasteiger partial charge on any atom is 0.387 e. The number of hydrogen-bond donors (Lipinski definition) is 1. The van der Waals surface area contributed by atoms with Crippen LogP contribution in [0.1, 0.15) is 76.4 Å². The van der Waals surface area contributed by atoms with E-state index in [1.54, 1.807) is 12.1 Å². The summed E-state index contributed by atoms with van der Waals surface area (Å²) in [6, 6.07) is 7.53. The molecule has 1 fully saturated rings. The van der Waals surface area contributed by atoms with Crippen LogP contribution in [-0.2, 0) is 13.0 Å². The number of benzene rings is 1. The normalized spacial score (nSPS) is 20.3. The molecule has 2 aromatic rings.